The van der Waals surface area contributed by atoms with Crippen LogP contribution in [0.3, 0.4) is 0 Å². The lowest BCUT2D eigenvalue weighted by molar-refractivity contribution is 0.506. The van der Waals surface area contributed by atoms with Gasteiger partial charge in [0, 0.05) is 18.3 Å². The van der Waals surface area contributed by atoms with Crippen LogP contribution >= 0.6 is 0 Å². The molecule has 0 unspecified atom stereocenters. The van der Waals surface area contributed by atoms with Crippen LogP contribution < -0.4 is 5.32 Å². The second kappa shape index (κ2) is 8.63. The molecule has 0 amide bonds. The third-order valence-electron chi connectivity index (χ3n) is 3.53. The molecule has 0 saturated heterocycles. The summed E-state index contributed by atoms with van der Waals surface area (Å²) in [5.41, 5.74) is 2.44. The highest BCUT2D eigenvalue weighted by atomic mass is 15.3. The van der Waals surface area contributed by atoms with E-state index in [1.807, 2.05) is 12.3 Å². The Labute approximate surface area is 128 Å². The van der Waals surface area contributed by atoms with Crippen molar-refractivity contribution in [1.82, 2.24) is 15.1 Å². The number of nitrogens with zero attached hydrogens (tertiary/aromatic N) is 2. The molecule has 1 heterocycles. The van der Waals surface area contributed by atoms with E-state index in [9.17, 15) is 0 Å². The van der Waals surface area contributed by atoms with Gasteiger partial charge >= 0.3 is 0 Å². The van der Waals surface area contributed by atoms with Crippen molar-refractivity contribution in [3.8, 4) is 11.1 Å². The van der Waals surface area contributed by atoms with Crippen molar-refractivity contribution in [2.45, 2.75) is 39.7 Å². The lowest BCUT2D eigenvalue weighted by Gasteiger charge is -2.07. The molecule has 0 spiro atoms. The molecule has 21 heavy (non-hydrogen) atoms. The van der Waals surface area contributed by atoms with E-state index in [-0.39, 0.29) is 0 Å². The van der Waals surface area contributed by atoms with E-state index in [0.717, 1.165) is 25.6 Å². The highest BCUT2D eigenvalue weighted by Gasteiger charge is 2.01. The Hall–Kier alpha value is -1.61. The Balaban J connectivity index is 1.65. The molecule has 3 nitrogen and oxygen atoms in total. The largest absolute Gasteiger partial charge is 0.316 e. The average Bonchev–Trinajstić information content (AvgIpc) is 2.96. The predicted octanol–water partition coefficient (Wildman–Crippen LogP) is 3.97. The average molecular weight is 285 g/mol. The summed E-state index contributed by atoms with van der Waals surface area (Å²) in [4.78, 5) is 0. The molecule has 2 rings (SSSR count). The summed E-state index contributed by atoms with van der Waals surface area (Å²) in [5, 5.41) is 7.94. The summed E-state index contributed by atoms with van der Waals surface area (Å²) in [6, 6.07) is 10.4. The summed E-state index contributed by atoms with van der Waals surface area (Å²) >= 11 is 0. The van der Waals surface area contributed by atoms with Gasteiger partial charge in [0.2, 0.25) is 0 Å². The normalized spacial score (nSPS) is 11.2. The Morgan fingerprint density at radius 1 is 1.05 bits per heavy atom. The molecule has 1 N–H and O–H groups in total. The van der Waals surface area contributed by atoms with E-state index in [1.165, 1.54) is 30.4 Å². The van der Waals surface area contributed by atoms with E-state index in [2.05, 4.69) is 59.4 Å². The van der Waals surface area contributed by atoms with Crippen molar-refractivity contribution in [2.24, 2.45) is 5.92 Å². The minimum absolute atomic E-state index is 0.741. The molecule has 0 atom stereocenters. The van der Waals surface area contributed by atoms with E-state index < -0.39 is 0 Å². The van der Waals surface area contributed by atoms with Gasteiger partial charge in [-0.1, -0.05) is 50.6 Å². The molecule has 3 heteroatoms. The monoisotopic (exact) mass is 285 g/mol. The SMILES string of the molecule is CC(C)CNCCCCCn1cc(-c2ccccc2)cn1. The van der Waals surface area contributed by atoms with Gasteiger partial charge in [-0.25, -0.2) is 0 Å². The summed E-state index contributed by atoms with van der Waals surface area (Å²) in [6.07, 6.45) is 7.80. The summed E-state index contributed by atoms with van der Waals surface area (Å²) in [7, 11) is 0. The zero-order valence-corrected chi connectivity index (χ0v) is 13.3. The van der Waals surface area contributed by atoms with Crippen LogP contribution in [0.15, 0.2) is 42.7 Å². The van der Waals surface area contributed by atoms with Gasteiger partial charge in [-0.3, -0.25) is 4.68 Å². The first-order valence-corrected chi connectivity index (χ1v) is 8.04. The van der Waals surface area contributed by atoms with E-state index >= 15 is 0 Å². The number of hydrogen-bond acceptors (Lipinski definition) is 2. The molecular formula is C18H27N3. The topological polar surface area (TPSA) is 29.9 Å². The van der Waals surface area contributed by atoms with Crippen LogP contribution in [0.25, 0.3) is 11.1 Å². The Morgan fingerprint density at radius 2 is 1.86 bits per heavy atom. The van der Waals surface area contributed by atoms with Crippen LogP contribution in [-0.4, -0.2) is 22.9 Å². The maximum atomic E-state index is 4.45. The number of unbranched alkanes of at least 4 members (excludes halogenated alkanes) is 2. The quantitative estimate of drug-likeness (QED) is 0.707. The van der Waals surface area contributed by atoms with Crippen LogP contribution in [0.4, 0.5) is 0 Å². The Kier molecular flexibility index (Phi) is 6.48. The van der Waals surface area contributed by atoms with E-state index in [1.54, 1.807) is 0 Å². The standard InChI is InChI=1S/C18H27N3/c1-16(2)13-19-11-7-4-8-12-21-15-18(14-20-21)17-9-5-3-6-10-17/h3,5-6,9-10,14-16,19H,4,7-8,11-13H2,1-2H3. The molecule has 0 fully saturated rings. The smallest absolute Gasteiger partial charge is 0.0568 e. The van der Waals surface area contributed by atoms with Gasteiger partial charge < -0.3 is 5.32 Å². The van der Waals surface area contributed by atoms with Gasteiger partial charge in [0.25, 0.3) is 0 Å². The first-order chi connectivity index (χ1) is 10.3. The van der Waals surface area contributed by atoms with Crippen molar-refractivity contribution >= 4 is 0 Å². The van der Waals surface area contributed by atoms with E-state index in [4.69, 9.17) is 0 Å². The summed E-state index contributed by atoms with van der Waals surface area (Å²) < 4.78 is 2.06. The highest BCUT2D eigenvalue weighted by molar-refractivity contribution is 5.61. The van der Waals surface area contributed by atoms with Gasteiger partial charge in [0.15, 0.2) is 0 Å². The molecule has 0 bridgehead atoms. The number of benzene rings is 1. The lowest BCUT2D eigenvalue weighted by Crippen LogP contribution is -2.20. The molecule has 0 aliphatic carbocycles. The van der Waals surface area contributed by atoms with Gasteiger partial charge in [-0.05, 0) is 37.4 Å². The van der Waals surface area contributed by atoms with Crippen LogP contribution in [0.2, 0.25) is 0 Å². The van der Waals surface area contributed by atoms with Crippen LogP contribution in [0.5, 0.6) is 0 Å². The van der Waals surface area contributed by atoms with Gasteiger partial charge in [-0.2, -0.15) is 5.10 Å². The van der Waals surface area contributed by atoms with Crippen molar-refractivity contribution in [1.29, 1.82) is 0 Å². The lowest BCUT2D eigenvalue weighted by atomic mass is 10.1. The third kappa shape index (κ3) is 5.72. The summed E-state index contributed by atoms with van der Waals surface area (Å²) in [5.74, 6) is 0.741. The predicted molar refractivity (Wildman–Crippen MR) is 89.2 cm³/mol. The van der Waals surface area contributed by atoms with Crippen molar-refractivity contribution in [3.63, 3.8) is 0 Å². The van der Waals surface area contributed by atoms with Gasteiger partial charge in [0.1, 0.15) is 0 Å². The second-order valence-electron chi connectivity index (χ2n) is 6.02. The number of aromatic nitrogens is 2. The zero-order chi connectivity index (χ0) is 14.9. The summed E-state index contributed by atoms with van der Waals surface area (Å²) in [6.45, 7) is 7.76. The molecule has 0 aliphatic rings. The van der Waals surface area contributed by atoms with Crippen LogP contribution in [0, 0.1) is 5.92 Å². The first kappa shape index (κ1) is 15.8. The second-order valence-corrected chi connectivity index (χ2v) is 6.02. The number of rotatable bonds is 9. The molecule has 2 aromatic rings. The molecule has 114 valence electrons. The van der Waals surface area contributed by atoms with E-state index in [0.29, 0.717) is 0 Å². The van der Waals surface area contributed by atoms with Crippen molar-refractivity contribution < 1.29 is 0 Å². The molecule has 0 radical (unpaired) electrons. The van der Waals surface area contributed by atoms with Crippen molar-refractivity contribution in [2.75, 3.05) is 13.1 Å². The maximum absolute atomic E-state index is 4.45. The Morgan fingerprint density at radius 3 is 2.62 bits per heavy atom. The van der Waals surface area contributed by atoms with Gasteiger partial charge in [0.05, 0.1) is 6.20 Å². The number of nitrogens with one attached hydrogen (secondary N) is 1. The zero-order valence-electron chi connectivity index (χ0n) is 13.3. The first-order valence-electron chi connectivity index (χ1n) is 8.04. The fraction of sp³-hybridized carbons (Fsp3) is 0.500. The minimum Gasteiger partial charge on any atom is -0.316 e. The minimum atomic E-state index is 0.741. The molecule has 1 aromatic carbocycles. The fourth-order valence-electron chi connectivity index (χ4n) is 2.36. The molecule has 0 saturated carbocycles. The number of aryl methyl sites for hydroxylation is 1. The van der Waals surface area contributed by atoms with Crippen LogP contribution in [-0.2, 0) is 6.54 Å². The van der Waals surface area contributed by atoms with Crippen LogP contribution in [0.1, 0.15) is 33.1 Å². The fourth-order valence-corrected chi connectivity index (χ4v) is 2.36. The Bertz CT molecular complexity index is 502. The maximum Gasteiger partial charge on any atom is 0.0568 e. The molecular weight excluding hydrogens is 258 g/mol. The highest BCUT2D eigenvalue weighted by Crippen LogP contribution is 2.17. The van der Waals surface area contributed by atoms with Gasteiger partial charge in [-0.15, -0.1) is 0 Å². The molecule has 1 aromatic heterocycles. The third-order valence-corrected chi connectivity index (χ3v) is 3.53. The molecule has 0 aliphatic heterocycles. The van der Waals surface area contributed by atoms with Crippen molar-refractivity contribution in [3.05, 3.63) is 42.7 Å². The number of hydrogen-bond donors (Lipinski definition) is 1.